The van der Waals surface area contributed by atoms with Gasteiger partial charge in [-0.1, -0.05) is 0 Å². The molecule has 17 heavy (non-hydrogen) atoms. The Morgan fingerprint density at radius 1 is 1.41 bits per heavy atom. The fourth-order valence-electron chi connectivity index (χ4n) is 1.05. The summed E-state index contributed by atoms with van der Waals surface area (Å²) < 4.78 is 64.0. The highest BCUT2D eigenvalue weighted by atomic mass is 19.4. The van der Waals surface area contributed by atoms with Crippen LogP contribution in [-0.2, 0) is 0 Å². The topological polar surface area (TPSA) is 71.9 Å². The fourth-order valence-corrected chi connectivity index (χ4v) is 1.05. The van der Waals surface area contributed by atoms with Gasteiger partial charge in [-0.3, -0.25) is 0 Å². The molecule has 0 saturated carbocycles. The largest absolute Gasteiger partial charge is 0.574 e. The quantitative estimate of drug-likeness (QED) is 0.821. The number of nitrogens with zero attached hydrogens (tertiary/aromatic N) is 2. The lowest BCUT2D eigenvalue weighted by molar-refractivity contribution is -0.276. The SMILES string of the molecule is N#Cc1c(OC(F)(F)F)ncc(N)c1C(F)F. The zero-order chi connectivity index (χ0) is 13.2. The van der Waals surface area contributed by atoms with E-state index in [0.717, 1.165) is 6.07 Å². The highest BCUT2D eigenvalue weighted by Crippen LogP contribution is 2.34. The lowest BCUT2D eigenvalue weighted by Crippen LogP contribution is -2.19. The molecule has 1 aromatic rings. The number of rotatable bonds is 2. The Hall–Kier alpha value is -2.11. The number of nitrogens with two attached hydrogens (primary N) is 1. The van der Waals surface area contributed by atoms with Gasteiger partial charge in [0.2, 0.25) is 5.88 Å². The van der Waals surface area contributed by atoms with Crippen LogP contribution in [0.4, 0.5) is 27.6 Å². The van der Waals surface area contributed by atoms with E-state index in [2.05, 4.69) is 9.72 Å². The number of hydrogen-bond donors (Lipinski definition) is 1. The van der Waals surface area contributed by atoms with Crippen LogP contribution in [0.15, 0.2) is 6.20 Å². The molecule has 92 valence electrons. The Morgan fingerprint density at radius 3 is 2.41 bits per heavy atom. The van der Waals surface area contributed by atoms with E-state index in [-0.39, 0.29) is 0 Å². The minimum Gasteiger partial charge on any atom is -0.397 e. The van der Waals surface area contributed by atoms with Gasteiger partial charge >= 0.3 is 6.36 Å². The maximum Gasteiger partial charge on any atom is 0.574 e. The van der Waals surface area contributed by atoms with Gasteiger partial charge in [0.1, 0.15) is 11.6 Å². The second kappa shape index (κ2) is 4.40. The molecule has 0 saturated heterocycles. The average Bonchev–Trinajstić information content (AvgIpc) is 2.17. The Labute approximate surface area is 91.4 Å². The van der Waals surface area contributed by atoms with Gasteiger partial charge in [-0.15, -0.1) is 13.2 Å². The predicted octanol–water partition coefficient (Wildman–Crippen LogP) is 2.37. The van der Waals surface area contributed by atoms with Crippen LogP contribution >= 0.6 is 0 Å². The number of alkyl halides is 5. The molecule has 4 nitrogen and oxygen atoms in total. The average molecular weight is 253 g/mol. The minimum atomic E-state index is -5.13. The van der Waals surface area contributed by atoms with Crippen molar-refractivity contribution in [1.29, 1.82) is 5.26 Å². The van der Waals surface area contributed by atoms with Crippen LogP contribution in [0.3, 0.4) is 0 Å². The van der Waals surface area contributed by atoms with E-state index in [1.54, 1.807) is 0 Å². The van der Waals surface area contributed by atoms with Gasteiger partial charge in [0, 0.05) is 0 Å². The first-order chi connectivity index (χ1) is 7.76. The van der Waals surface area contributed by atoms with Crippen molar-refractivity contribution in [2.45, 2.75) is 12.8 Å². The molecule has 0 radical (unpaired) electrons. The van der Waals surface area contributed by atoms with Gasteiger partial charge in [0.15, 0.2) is 0 Å². The number of aromatic nitrogens is 1. The lowest BCUT2D eigenvalue weighted by atomic mass is 10.1. The van der Waals surface area contributed by atoms with Crippen LogP contribution in [0.5, 0.6) is 5.88 Å². The summed E-state index contributed by atoms with van der Waals surface area (Å²) in [6, 6.07) is 1.16. The van der Waals surface area contributed by atoms with Crippen LogP contribution in [0.25, 0.3) is 0 Å². The molecule has 0 fully saturated rings. The van der Waals surface area contributed by atoms with Crippen molar-refractivity contribution in [3.05, 3.63) is 17.3 Å². The molecule has 0 aliphatic heterocycles. The molecular formula is C8H4F5N3O. The van der Waals surface area contributed by atoms with Gasteiger partial charge in [-0.2, -0.15) is 5.26 Å². The van der Waals surface area contributed by atoms with Gasteiger partial charge < -0.3 is 10.5 Å². The van der Waals surface area contributed by atoms with Crippen molar-refractivity contribution >= 4 is 5.69 Å². The Balaban J connectivity index is 3.35. The van der Waals surface area contributed by atoms with Crippen LogP contribution < -0.4 is 10.5 Å². The van der Waals surface area contributed by atoms with Crippen molar-refractivity contribution in [3.8, 4) is 11.9 Å². The third kappa shape index (κ3) is 2.93. The van der Waals surface area contributed by atoms with Crippen molar-refractivity contribution in [2.24, 2.45) is 0 Å². The summed E-state index contributed by atoms with van der Waals surface area (Å²) in [5.41, 5.74) is 2.47. The molecule has 0 unspecified atom stereocenters. The van der Waals surface area contributed by atoms with Crippen LogP contribution in [0.1, 0.15) is 17.6 Å². The second-order valence-corrected chi connectivity index (χ2v) is 2.77. The summed E-state index contributed by atoms with van der Waals surface area (Å²) in [6.45, 7) is 0. The maximum atomic E-state index is 12.5. The highest BCUT2D eigenvalue weighted by Gasteiger charge is 2.34. The van der Waals surface area contributed by atoms with Crippen LogP contribution in [0.2, 0.25) is 0 Å². The Morgan fingerprint density at radius 2 is 2.00 bits per heavy atom. The third-order valence-electron chi connectivity index (χ3n) is 1.66. The van der Waals surface area contributed by atoms with E-state index in [1.807, 2.05) is 0 Å². The zero-order valence-electron chi connectivity index (χ0n) is 7.92. The lowest BCUT2D eigenvalue weighted by Gasteiger charge is -2.12. The molecule has 9 heteroatoms. The number of anilines is 1. The smallest absolute Gasteiger partial charge is 0.397 e. The molecule has 0 aliphatic rings. The Kier molecular flexibility index (Phi) is 3.36. The molecule has 1 heterocycles. The van der Waals surface area contributed by atoms with E-state index in [4.69, 9.17) is 11.0 Å². The third-order valence-corrected chi connectivity index (χ3v) is 1.66. The van der Waals surface area contributed by atoms with E-state index in [1.165, 1.54) is 0 Å². The molecule has 0 bridgehead atoms. The van der Waals surface area contributed by atoms with Crippen molar-refractivity contribution in [2.75, 3.05) is 5.73 Å². The number of ether oxygens (including phenoxy) is 1. The molecule has 0 aromatic carbocycles. The monoisotopic (exact) mass is 253 g/mol. The molecule has 1 rings (SSSR count). The summed E-state index contributed by atoms with van der Waals surface area (Å²) in [7, 11) is 0. The highest BCUT2D eigenvalue weighted by molar-refractivity contribution is 5.58. The molecule has 0 atom stereocenters. The Bertz CT molecular complexity index is 465. The summed E-state index contributed by atoms with van der Waals surface area (Å²) in [5.74, 6) is -1.25. The van der Waals surface area contributed by atoms with Gasteiger partial charge in [0.05, 0.1) is 17.4 Å². The molecule has 0 spiro atoms. The van der Waals surface area contributed by atoms with Gasteiger partial charge in [0.25, 0.3) is 6.43 Å². The number of nitriles is 1. The first-order valence-corrected chi connectivity index (χ1v) is 3.98. The standard InChI is InChI=1S/C8H4F5N3O/c9-6(10)5-3(1-14)7(16-2-4(5)15)17-8(11,12)13/h2,6H,15H2. The predicted molar refractivity (Wildman–Crippen MR) is 45.0 cm³/mol. The zero-order valence-corrected chi connectivity index (χ0v) is 7.92. The van der Waals surface area contributed by atoms with Crippen molar-refractivity contribution in [1.82, 2.24) is 4.98 Å². The van der Waals surface area contributed by atoms with Crippen molar-refractivity contribution in [3.63, 3.8) is 0 Å². The molecule has 0 aliphatic carbocycles. The van der Waals surface area contributed by atoms with Crippen LogP contribution in [-0.4, -0.2) is 11.3 Å². The molecule has 2 N–H and O–H groups in total. The van der Waals surface area contributed by atoms with Crippen molar-refractivity contribution < 1.29 is 26.7 Å². The number of halogens is 5. The fraction of sp³-hybridized carbons (Fsp3) is 0.250. The summed E-state index contributed by atoms with van der Waals surface area (Å²) in [4.78, 5) is 3.05. The number of nitrogen functional groups attached to an aromatic ring is 1. The van der Waals surface area contributed by atoms with E-state index >= 15 is 0 Å². The number of pyridine rings is 1. The summed E-state index contributed by atoms with van der Waals surface area (Å²) >= 11 is 0. The maximum absolute atomic E-state index is 12.5. The van der Waals surface area contributed by atoms with Crippen LogP contribution in [0, 0.1) is 11.3 Å². The van der Waals surface area contributed by atoms with E-state index in [9.17, 15) is 22.0 Å². The van der Waals surface area contributed by atoms with Gasteiger partial charge in [-0.25, -0.2) is 13.8 Å². The summed E-state index contributed by atoms with van der Waals surface area (Å²) in [5, 5.41) is 8.54. The summed E-state index contributed by atoms with van der Waals surface area (Å²) in [6.07, 6.45) is -7.76. The molecule has 1 aromatic heterocycles. The molecule has 0 amide bonds. The van der Waals surface area contributed by atoms with Gasteiger partial charge in [-0.05, 0) is 0 Å². The second-order valence-electron chi connectivity index (χ2n) is 2.77. The first kappa shape index (κ1) is 13.0. The normalized spacial score (nSPS) is 11.4. The van der Waals surface area contributed by atoms with E-state index < -0.39 is 35.5 Å². The number of hydrogen-bond acceptors (Lipinski definition) is 4. The molecular weight excluding hydrogens is 249 g/mol. The van der Waals surface area contributed by atoms with E-state index in [0.29, 0.717) is 6.20 Å². The minimum absolute atomic E-state index is 0.573. The first-order valence-electron chi connectivity index (χ1n) is 3.98.